The number of nitrogens with two attached hydrogens (primary N) is 1. The van der Waals surface area contributed by atoms with Crippen molar-refractivity contribution in [3.63, 3.8) is 0 Å². The summed E-state index contributed by atoms with van der Waals surface area (Å²) in [5, 5.41) is 0. The summed E-state index contributed by atoms with van der Waals surface area (Å²) in [6, 6.07) is 0. The number of hydrogen-bond donors (Lipinski definition) is 1. The lowest BCUT2D eigenvalue weighted by atomic mass is 9.63. The molecule has 0 amide bonds. The largest absolute Gasteiger partial charge is 0.325 e. The van der Waals surface area contributed by atoms with Crippen molar-refractivity contribution in [2.75, 3.05) is 0 Å². The third-order valence-corrected chi connectivity index (χ3v) is 6.35. The zero-order valence-corrected chi connectivity index (χ0v) is 15.3. The molecule has 0 aromatic rings. The second kappa shape index (κ2) is 6.60. The minimum Gasteiger partial charge on any atom is -0.325 e. The average molecular weight is 294 g/mol. The first-order valence-corrected chi connectivity index (χ1v) is 9.52. The number of hydrogen-bond acceptors (Lipinski definition) is 1. The number of rotatable bonds is 6. The maximum atomic E-state index is 6.99. The summed E-state index contributed by atoms with van der Waals surface area (Å²) >= 11 is 0. The van der Waals surface area contributed by atoms with Crippen LogP contribution in [-0.4, -0.2) is 5.54 Å². The zero-order valence-electron chi connectivity index (χ0n) is 15.3. The van der Waals surface area contributed by atoms with Crippen molar-refractivity contribution >= 4 is 0 Å². The molecule has 0 heterocycles. The molecule has 2 unspecified atom stereocenters. The lowest BCUT2D eigenvalue weighted by molar-refractivity contribution is 0.0908. The maximum absolute atomic E-state index is 6.99. The van der Waals surface area contributed by atoms with Gasteiger partial charge in [0.05, 0.1) is 0 Å². The lowest BCUT2D eigenvalue weighted by Crippen LogP contribution is -2.53. The molecule has 1 heteroatoms. The molecule has 2 saturated carbocycles. The van der Waals surface area contributed by atoms with Gasteiger partial charge in [-0.25, -0.2) is 0 Å². The third-order valence-electron chi connectivity index (χ3n) is 6.35. The van der Waals surface area contributed by atoms with Gasteiger partial charge in [-0.3, -0.25) is 0 Å². The summed E-state index contributed by atoms with van der Waals surface area (Å²) in [7, 11) is 0. The van der Waals surface area contributed by atoms with Gasteiger partial charge in [-0.05, 0) is 61.2 Å². The Hall–Kier alpha value is -0.0400. The first-order valence-electron chi connectivity index (χ1n) is 9.52. The molecular weight excluding hydrogens is 254 g/mol. The second-order valence-corrected chi connectivity index (χ2v) is 9.65. The summed E-state index contributed by atoms with van der Waals surface area (Å²) in [6.07, 6.45) is 12.3. The lowest BCUT2D eigenvalue weighted by Gasteiger charge is -2.46. The highest BCUT2D eigenvalue weighted by atomic mass is 14.8. The van der Waals surface area contributed by atoms with Crippen LogP contribution >= 0.6 is 0 Å². The molecule has 2 bridgehead atoms. The van der Waals surface area contributed by atoms with Crippen LogP contribution in [0.15, 0.2) is 0 Å². The predicted molar refractivity (Wildman–Crippen MR) is 93.2 cm³/mol. The van der Waals surface area contributed by atoms with Crippen LogP contribution < -0.4 is 5.73 Å². The van der Waals surface area contributed by atoms with Gasteiger partial charge in [0.15, 0.2) is 0 Å². The molecule has 124 valence electrons. The monoisotopic (exact) mass is 293 g/mol. The molecular formula is C20H39N. The smallest absolute Gasteiger partial charge is 0.0190 e. The van der Waals surface area contributed by atoms with Crippen molar-refractivity contribution < 1.29 is 0 Å². The van der Waals surface area contributed by atoms with E-state index in [1.807, 2.05) is 0 Å². The fourth-order valence-electron chi connectivity index (χ4n) is 5.53. The Morgan fingerprint density at radius 3 is 2.57 bits per heavy atom. The molecule has 2 aliphatic rings. The van der Waals surface area contributed by atoms with Gasteiger partial charge >= 0.3 is 0 Å². The van der Waals surface area contributed by atoms with Crippen LogP contribution in [0.2, 0.25) is 0 Å². The molecule has 1 nitrogen and oxygen atoms in total. The van der Waals surface area contributed by atoms with Crippen LogP contribution in [0.5, 0.6) is 0 Å². The van der Waals surface area contributed by atoms with Crippen molar-refractivity contribution in [1.82, 2.24) is 0 Å². The van der Waals surface area contributed by atoms with Gasteiger partial charge in [0.2, 0.25) is 0 Å². The summed E-state index contributed by atoms with van der Waals surface area (Å²) in [4.78, 5) is 0. The van der Waals surface area contributed by atoms with Crippen LogP contribution in [0.3, 0.4) is 0 Å². The fourth-order valence-corrected chi connectivity index (χ4v) is 5.53. The Morgan fingerprint density at radius 1 is 1.24 bits per heavy atom. The van der Waals surface area contributed by atoms with Gasteiger partial charge in [-0.1, -0.05) is 60.3 Å². The number of fused-ring (bicyclic) bond motifs is 2. The molecule has 2 N–H and O–H groups in total. The predicted octanol–water partition coefficient (Wildman–Crippen LogP) is 5.77. The van der Waals surface area contributed by atoms with Crippen LogP contribution in [0, 0.1) is 29.1 Å². The Balaban J connectivity index is 1.87. The highest BCUT2D eigenvalue weighted by Gasteiger charge is 2.48. The molecule has 0 aromatic heterocycles. The van der Waals surface area contributed by atoms with E-state index in [1.54, 1.807) is 0 Å². The van der Waals surface area contributed by atoms with Crippen molar-refractivity contribution in [3.05, 3.63) is 0 Å². The standard InChI is InChI=1S/C20H39N/c1-6-18-17-10-9-16(12-17)14-20(18,21)13-15(2)8-7-11-19(3,4)5/h15-18H,6-14,21H2,1-5H3/t15?,16?,17-,18-,20-/m1/s1. The van der Waals surface area contributed by atoms with Gasteiger partial charge in [-0.2, -0.15) is 0 Å². The van der Waals surface area contributed by atoms with Crippen molar-refractivity contribution in [1.29, 1.82) is 0 Å². The van der Waals surface area contributed by atoms with Crippen molar-refractivity contribution in [3.8, 4) is 0 Å². The molecule has 2 rings (SSSR count). The topological polar surface area (TPSA) is 26.0 Å². The van der Waals surface area contributed by atoms with E-state index in [0.717, 1.165) is 23.7 Å². The Labute approximate surface area is 133 Å². The van der Waals surface area contributed by atoms with E-state index in [4.69, 9.17) is 5.73 Å². The Kier molecular flexibility index (Phi) is 5.45. The molecule has 0 saturated heterocycles. The van der Waals surface area contributed by atoms with E-state index in [-0.39, 0.29) is 5.54 Å². The quantitative estimate of drug-likeness (QED) is 0.660. The first kappa shape index (κ1) is 17.3. The zero-order chi connectivity index (χ0) is 15.7. The summed E-state index contributed by atoms with van der Waals surface area (Å²) in [5.74, 6) is 3.48. The Bertz CT molecular complexity index is 329. The fraction of sp³-hybridized carbons (Fsp3) is 1.00. The third kappa shape index (κ3) is 4.47. The van der Waals surface area contributed by atoms with E-state index < -0.39 is 0 Å². The second-order valence-electron chi connectivity index (χ2n) is 9.65. The molecule has 0 radical (unpaired) electrons. The molecule has 0 aromatic carbocycles. The van der Waals surface area contributed by atoms with Gasteiger partial charge in [0.1, 0.15) is 0 Å². The van der Waals surface area contributed by atoms with E-state index in [1.165, 1.54) is 57.8 Å². The minimum absolute atomic E-state index is 0.153. The first-order chi connectivity index (χ1) is 9.73. The van der Waals surface area contributed by atoms with E-state index >= 15 is 0 Å². The molecule has 0 spiro atoms. The normalized spacial score (nSPS) is 37.7. The molecule has 21 heavy (non-hydrogen) atoms. The van der Waals surface area contributed by atoms with Crippen molar-refractivity contribution in [2.45, 2.75) is 97.9 Å². The minimum atomic E-state index is 0.153. The summed E-state index contributed by atoms with van der Waals surface area (Å²) in [6.45, 7) is 11.9. The van der Waals surface area contributed by atoms with E-state index in [0.29, 0.717) is 5.41 Å². The molecule has 2 fully saturated rings. The van der Waals surface area contributed by atoms with Crippen LogP contribution in [0.1, 0.15) is 92.4 Å². The summed E-state index contributed by atoms with van der Waals surface area (Å²) < 4.78 is 0. The SMILES string of the molecule is CC[C@@H]1[C@@H]2CCC(C2)C[C@]1(N)CC(C)CCCC(C)(C)C. The van der Waals surface area contributed by atoms with E-state index in [9.17, 15) is 0 Å². The van der Waals surface area contributed by atoms with Gasteiger partial charge < -0.3 is 5.73 Å². The average Bonchev–Trinajstić information content (AvgIpc) is 2.70. The van der Waals surface area contributed by atoms with Gasteiger partial charge in [0, 0.05) is 5.54 Å². The van der Waals surface area contributed by atoms with Gasteiger partial charge in [-0.15, -0.1) is 0 Å². The Morgan fingerprint density at radius 2 is 1.95 bits per heavy atom. The maximum Gasteiger partial charge on any atom is 0.0190 e. The van der Waals surface area contributed by atoms with E-state index in [2.05, 4.69) is 34.6 Å². The highest BCUT2D eigenvalue weighted by Crippen LogP contribution is 2.52. The molecule has 0 aliphatic heterocycles. The molecule has 5 atom stereocenters. The highest BCUT2D eigenvalue weighted by molar-refractivity contribution is 5.03. The van der Waals surface area contributed by atoms with Crippen LogP contribution in [0.4, 0.5) is 0 Å². The molecule has 2 aliphatic carbocycles. The van der Waals surface area contributed by atoms with Crippen molar-refractivity contribution in [2.24, 2.45) is 34.8 Å². The van der Waals surface area contributed by atoms with Crippen LogP contribution in [0.25, 0.3) is 0 Å². The summed E-state index contributed by atoms with van der Waals surface area (Å²) in [5.41, 5.74) is 7.63. The van der Waals surface area contributed by atoms with Gasteiger partial charge in [0.25, 0.3) is 0 Å². The van der Waals surface area contributed by atoms with Crippen LogP contribution in [-0.2, 0) is 0 Å².